The van der Waals surface area contributed by atoms with Gasteiger partial charge in [0.05, 0.1) is 27.0 Å². The fraction of sp³-hybridized carbons (Fsp3) is 0.417. The lowest BCUT2D eigenvalue weighted by atomic mass is 10.1. The standard InChI is InChI=1S/C24H30Cl3N3O4S/c1-15-9-7-8-10-17(15)13-29(16(2)23(32)28-24(3,4)5)22(31)14-30(35(6,33)34)21-12-19(26)18(25)11-20(21)27/h7-12,16H,13-14H2,1-6H3,(H,28,32)/t16-/m1/s1. The summed E-state index contributed by atoms with van der Waals surface area (Å²) in [5.41, 5.74) is 1.25. The molecule has 0 spiro atoms. The molecule has 35 heavy (non-hydrogen) atoms. The maximum Gasteiger partial charge on any atom is 0.244 e. The molecule has 7 nitrogen and oxygen atoms in total. The van der Waals surface area contributed by atoms with Gasteiger partial charge in [0, 0.05) is 12.1 Å². The van der Waals surface area contributed by atoms with Crippen molar-refractivity contribution in [3.63, 3.8) is 0 Å². The highest BCUT2D eigenvalue weighted by atomic mass is 35.5. The van der Waals surface area contributed by atoms with Gasteiger partial charge in [-0.05, 0) is 57.9 Å². The highest BCUT2D eigenvalue weighted by Crippen LogP contribution is 2.35. The molecule has 0 aliphatic carbocycles. The SMILES string of the molecule is Cc1ccccc1CN(C(=O)CN(c1cc(Cl)c(Cl)cc1Cl)S(C)(=O)=O)[C@H](C)C(=O)NC(C)(C)C. The molecule has 0 aliphatic heterocycles. The third kappa shape index (κ3) is 8.00. The number of anilines is 1. The van der Waals surface area contributed by atoms with Gasteiger partial charge < -0.3 is 10.2 Å². The summed E-state index contributed by atoms with van der Waals surface area (Å²) in [6.07, 6.45) is 0.959. The van der Waals surface area contributed by atoms with E-state index in [1.165, 1.54) is 17.0 Å². The molecule has 11 heteroatoms. The molecule has 2 amide bonds. The molecule has 2 aromatic rings. The lowest BCUT2D eigenvalue weighted by molar-refractivity contribution is -0.140. The van der Waals surface area contributed by atoms with E-state index in [1.54, 1.807) is 6.92 Å². The average molecular weight is 563 g/mol. The summed E-state index contributed by atoms with van der Waals surface area (Å²) in [6, 6.07) is 9.19. The molecule has 0 bridgehead atoms. The summed E-state index contributed by atoms with van der Waals surface area (Å²) in [6.45, 7) is 8.53. The van der Waals surface area contributed by atoms with Crippen molar-refractivity contribution in [2.24, 2.45) is 0 Å². The van der Waals surface area contributed by atoms with Gasteiger partial charge in [0.2, 0.25) is 21.8 Å². The van der Waals surface area contributed by atoms with E-state index in [0.29, 0.717) is 0 Å². The molecule has 192 valence electrons. The van der Waals surface area contributed by atoms with Crippen LogP contribution in [0.3, 0.4) is 0 Å². The first-order valence-electron chi connectivity index (χ1n) is 10.8. The number of carbonyl (C=O) groups excluding carboxylic acids is 2. The number of benzene rings is 2. The zero-order valence-electron chi connectivity index (χ0n) is 20.5. The van der Waals surface area contributed by atoms with Crippen LogP contribution in [0.5, 0.6) is 0 Å². The maximum absolute atomic E-state index is 13.6. The van der Waals surface area contributed by atoms with Crippen LogP contribution in [0, 0.1) is 6.92 Å². The predicted molar refractivity (Wildman–Crippen MR) is 143 cm³/mol. The Hall–Kier alpha value is -2.00. The molecule has 0 saturated heterocycles. The quantitative estimate of drug-likeness (QED) is 0.456. The minimum atomic E-state index is -3.96. The topological polar surface area (TPSA) is 86.8 Å². The van der Waals surface area contributed by atoms with Crippen LogP contribution < -0.4 is 9.62 Å². The number of nitrogens with zero attached hydrogens (tertiary/aromatic N) is 2. The maximum atomic E-state index is 13.6. The summed E-state index contributed by atoms with van der Waals surface area (Å²) in [4.78, 5) is 27.9. The number of carbonyl (C=O) groups is 2. The number of rotatable bonds is 8. The Kier molecular flexibility index (Phi) is 9.50. The molecule has 0 unspecified atom stereocenters. The van der Waals surface area contributed by atoms with Crippen LogP contribution in [-0.2, 0) is 26.2 Å². The smallest absolute Gasteiger partial charge is 0.244 e. The van der Waals surface area contributed by atoms with Crippen LogP contribution in [0.2, 0.25) is 15.1 Å². The number of halogens is 3. The van der Waals surface area contributed by atoms with Crippen LogP contribution in [0.15, 0.2) is 36.4 Å². The highest BCUT2D eigenvalue weighted by molar-refractivity contribution is 7.92. The summed E-state index contributed by atoms with van der Waals surface area (Å²) < 4.78 is 26.2. The molecule has 2 aromatic carbocycles. The van der Waals surface area contributed by atoms with Crippen LogP contribution >= 0.6 is 34.8 Å². The number of hydrogen-bond acceptors (Lipinski definition) is 4. The van der Waals surface area contributed by atoms with Crippen molar-refractivity contribution in [3.8, 4) is 0 Å². The molecule has 1 N–H and O–H groups in total. The van der Waals surface area contributed by atoms with Crippen LogP contribution in [0.25, 0.3) is 0 Å². The largest absolute Gasteiger partial charge is 0.350 e. The first-order chi connectivity index (χ1) is 16.0. The van der Waals surface area contributed by atoms with E-state index in [9.17, 15) is 18.0 Å². The predicted octanol–water partition coefficient (Wildman–Crippen LogP) is 5.05. The van der Waals surface area contributed by atoms with Gasteiger partial charge in [-0.1, -0.05) is 59.1 Å². The second kappa shape index (κ2) is 11.4. The molecule has 0 radical (unpaired) electrons. The Morgan fingerprint density at radius 1 is 1.03 bits per heavy atom. The summed E-state index contributed by atoms with van der Waals surface area (Å²) >= 11 is 18.4. The molecule has 0 heterocycles. The average Bonchev–Trinajstić information content (AvgIpc) is 2.71. The van der Waals surface area contributed by atoms with Crippen molar-refractivity contribution in [1.29, 1.82) is 0 Å². The summed E-state index contributed by atoms with van der Waals surface area (Å²) in [5.74, 6) is -0.949. The lowest BCUT2D eigenvalue weighted by Gasteiger charge is -2.33. The normalized spacial score (nSPS) is 12.7. The molecule has 1 atom stereocenters. The molecule has 0 aliphatic rings. The monoisotopic (exact) mass is 561 g/mol. The van der Waals surface area contributed by atoms with Gasteiger partial charge in [-0.3, -0.25) is 13.9 Å². The van der Waals surface area contributed by atoms with Crippen LogP contribution in [-0.4, -0.2) is 49.5 Å². The second-order valence-corrected chi connectivity index (χ2v) is 12.5. The van der Waals surface area contributed by atoms with E-state index in [2.05, 4.69) is 5.32 Å². The van der Waals surface area contributed by atoms with E-state index in [4.69, 9.17) is 34.8 Å². The van der Waals surface area contributed by atoms with Crippen molar-refractivity contribution < 1.29 is 18.0 Å². The van der Waals surface area contributed by atoms with Crippen LogP contribution in [0.4, 0.5) is 5.69 Å². The van der Waals surface area contributed by atoms with Crippen molar-refractivity contribution in [2.75, 3.05) is 17.1 Å². The number of aryl methyl sites for hydroxylation is 1. The Balaban J connectivity index is 2.49. The zero-order chi connectivity index (χ0) is 26.7. The third-order valence-electron chi connectivity index (χ3n) is 5.21. The Bertz CT molecular complexity index is 1210. The minimum absolute atomic E-state index is 0.0135. The van der Waals surface area contributed by atoms with E-state index in [1.807, 2.05) is 52.0 Å². The Labute approximate surface area is 222 Å². The molecule has 0 saturated carbocycles. The minimum Gasteiger partial charge on any atom is -0.350 e. The number of nitrogens with one attached hydrogen (secondary N) is 1. The van der Waals surface area contributed by atoms with E-state index >= 15 is 0 Å². The van der Waals surface area contributed by atoms with Gasteiger partial charge in [0.15, 0.2) is 0 Å². The molecule has 2 rings (SSSR count). The van der Waals surface area contributed by atoms with E-state index in [0.717, 1.165) is 21.7 Å². The Morgan fingerprint density at radius 3 is 2.14 bits per heavy atom. The van der Waals surface area contributed by atoms with E-state index in [-0.39, 0.29) is 33.2 Å². The van der Waals surface area contributed by atoms with Crippen LogP contribution in [0.1, 0.15) is 38.8 Å². The molecule has 0 fully saturated rings. The van der Waals surface area contributed by atoms with Gasteiger partial charge in [0.1, 0.15) is 12.6 Å². The van der Waals surface area contributed by atoms with E-state index < -0.39 is 34.1 Å². The van der Waals surface area contributed by atoms with Gasteiger partial charge >= 0.3 is 0 Å². The molecular formula is C24H30Cl3N3O4S. The number of sulfonamides is 1. The van der Waals surface area contributed by atoms with Gasteiger partial charge in [-0.2, -0.15) is 0 Å². The fourth-order valence-electron chi connectivity index (χ4n) is 3.33. The van der Waals surface area contributed by atoms with Crippen molar-refractivity contribution in [3.05, 3.63) is 62.6 Å². The number of amides is 2. The van der Waals surface area contributed by atoms with Gasteiger partial charge in [-0.25, -0.2) is 8.42 Å². The molecular weight excluding hydrogens is 533 g/mol. The molecule has 0 aromatic heterocycles. The lowest BCUT2D eigenvalue weighted by Crippen LogP contribution is -2.54. The number of hydrogen-bond donors (Lipinski definition) is 1. The third-order valence-corrected chi connectivity index (χ3v) is 7.36. The zero-order valence-corrected chi connectivity index (χ0v) is 23.6. The van der Waals surface area contributed by atoms with Gasteiger partial charge in [-0.15, -0.1) is 0 Å². The first kappa shape index (κ1) is 29.2. The summed E-state index contributed by atoms with van der Waals surface area (Å²) in [7, 11) is -3.96. The fourth-order valence-corrected chi connectivity index (χ4v) is 4.87. The highest BCUT2D eigenvalue weighted by Gasteiger charge is 2.32. The first-order valence-corrected chi connectivity index (χ1v) is 13.8. The Morgan fingerprint density at radius 2 is 1.60 bits per heavy atom. The second-order valence-electron chi connectivity index (χ2n) is 9.35. The van der Waals surface area contributed by atoms with Crippen molar-refractivity contribution in [1.82, 2.24) is 10.2 Å². The summed E-state index contributed by atoms with van der Waals surface area (Å²) in [5, 5.41) is 3.12. The van der Waals surface area contributed by atoms with Crippen molar-refractivity contribution in [2.45, 2.75) is 52.7 Å². The van der Waals surface area contributed by atoms with Crippen molar-refractivity contribution >= 4 is 62.3 Å². The van der Waals surface area contributed by atoms with Gasteiger partial charge in [0.25, 0.3) is 0 Å².